The Labute approximate surface area is 130 Å². The fraction of sp³-hybridized carbons (Fsp3) is 0.400. The Balaban J connectivity index is 2.08. The number of likely N-dealkylation sites (N-methyl/N-ethyl adjacent to an activating group) is 1. The minimum atomic E-state index is -4.76. The van der Waals surface area contributed by atoms with Gasteiger partial charge in [-0.15, -0.1) is 0 Å². The minimum Gasteiger partial charge on any atom is -0.497 e. The van der Waals surface area contributed by atoms with Gasteiger partial charge in [-0.2, -0.15) is 13.2 Å². The second-order valence-electron chi connectivity index (χ2n) is 5.13. The fourth-order valence-electron chi connectivity index (χ4n) is 2.09. The van der Waals surface area contributed by atoms with Crippen molar-refractivity contribution in [2.75, 3.05) is 20.7 Å². The van der Waals surface area contributed by atoms with Gasteiger partial charge in [-0.1, -0.05) is 0 Å². The number of aliphatic hydroxyl groups excluding tert-OH is 1. The molecule has 1 aromatic heterocycles. The molecule has 0 aliphatic rings. The first kappa shape index (κ1) is 17.1. The van der Waals surface area contributed by atoms with Crippen LogP contribution in [0.5, 0.6) is 5.75 Å². The maximum atomic E-state index is 12.3. The number of aliphatic hydroxyl groups is 1. The second kappa shape index (κ2) is 6.49. The number of hydrogen-bond acceptors (Lipinski definition) is 4. The van der Waals surface area contributed by atoms with Gasteiger partial charge in [0.05, 0.1) is 26.3 Å². The van der Waals surface area contributed by atoms with E-state index < -0.39 is 24.7 Å². The lowest BCUT2D eigenvalue weighted by Crippen LogP contribution is -2.42. The molecule has 0 fully saturated rings. The predicted molar refractivity (Wildman–Crippen MR) is 76.2 cm³/mol. The fourth-order valence-corrected chi connectivity index (χ4v) is 2.09. The summed E-state index contributed by atoms with van der Waals surface area (Å²) in [6.45, 7) is -0.814. The van der Waals surface area contributed by atoms with Crippen LogP contribution >= 0.6 is 0 Å². The highest BCUT2D eigenvalue weighted by Crippen LogP contribution is 2.26. The molecule has 0 aliphatic carbocycles. The van der Waals surface area contributed by atoms with Crippen LogP contribution < -0.4 is 4.74 Å². The van der Waals surface area contributed by atoms with Crippen LogP contribution in [0.1, 0.15) is 5.56 Å². The SMILES string of the molecule is COc1ccc2c(CC(=O)N(C)CC(O)C(F)(F)F)coc2c1. The Morgan fingerprint density at radius 3 is 2.74 bits per heavy atom. The van der Waals surface area contributed by atoms with E-state index in [1.165, 1.54) is 20.4 Å². The summed E-state index contributed by atoms with van der Waals surface area (Å²) < 4.78 is 47.3. The van der Waals surface area contributed by atoms with Crippen LogP contribution in [0.25, 0.3) is 11.0 Å². The first-order valence-corrected chi connectivity index (χ1v) is 6.75. The predicted octanol–water partition coefficient (Wildman–Crippen LogP) is 2.37. The zero-order valence-electron chi connectivity index (χ0n) is 12.6. The van der Waals surface area contributed by atoms with Gasteiger partial charge in [-0.05, 0) is 12.1 Å². The number of rotatable bonds is 5. The molecule has 0 bridgehead atoms. The maximum Gasteiger partial charge on any atom is 0.416 e. The number of halogens is 3. The van der Waals surface area contributed by atoms with E-state index in [0.717, 1.165) is 4.90 Å². The summed E-state index contributed by atoms with van der Waals surface area (Å²) in [6.07, 6.45) is -6.06. The van der Waals surface area contributed by atoms with E-state index in [1.807, 2.05) is 0 Å². The van der Waals surface area contributed by atoms with E-state index in [9.17, 15) is 18.0 Å². The monoisotopic (exact) mass is 331 g/mol. The van der Waals surface area contributed by atoms with Crippen molar-refractivity contribution in [1.29, 1.82) is 0 Å². The molecular formula is C15H16F3NO4. The van der Waals surface area contributed by atoms with E-state index in [2.05, 4.69) is 0 Å². The molecule has 1 N–H and O–H groups in total. The number of carbonyl (C=O) groups is 1. The molecule has 2 rings (SSSR count). The summed E-state index contributed by atoms with van der Waals surface area (Å²) in [6, 6.07) is 5.06. The van der Waals surface area contributed by atoms with Gasteiger partial charge < -0.3 is 19.2 Å². The van der Waals surface area contributed by atoms with Crippen molar-refractivity contribution in [3.05, 3.63) is 30.0 Å². The quantitative estimate of drug-likeness (QED) is 0.914. The Bertz CT molecular complexity index is 696. The second-order valence-corrected chi connectivity index (χ2v) is 5.13. The largest absolute Gasteiger partial charge is 0.497 e. The van der Waals surface area contributed by atoms with Gasteiger partial charge in [0.15, 0.2) is 6.10 Å². The van der Waals surface area contributed by atoms with E-state index in [-0.39, 0.29) is 6.42 Å². The third kappa shape index (κ3) is 3.95. The number of furan rings is 1. The Morgan fingerprint density at radius 1 is 1.43 bits per heavy atom. The van der Waals surface area contributed by atoms with Crippen LogP contribution in [-0.2, 0) is 11.2 Å². The van der Waals surface area contributed by atoms with Gasteiger partial charge in [0.1, 0.15) is 11.3 Å². The van der Waals surface area contributed by atoms with Crippen LogP contribution in [0, 0.1) is 0 Å². The number of benzene rings is 1. The molecule has 0 aliphatic heterocycles. The number of amides is 1. The number of alkyl halides is 3. The van der Waals surface area contributed by atoms with Crippen molar-refractivity contribution in [2.24, 2.45) is 0 Å². The summed E-state index contributed by atoms with van der Waals surface area (Å²) in [5.41, 5.74) is 1.08. The van der Waals surface area contributed by atoms with Crippen LogP contribution in [0.3, 0.4) is 0 Å². The van der Waals surface area contributed by atoms with Crippen molar-refractivity contribution in [1.82, 2.24) is 4.90 Å². The molecule has 0 radical (unpaired) electrons. The minimum absolute atomic E-state index is 0.125. The molecule has 0 saturated carbocycles. The molecule has 8 heteroatoms. The van der Waals surface area contributed by atoms with Crippen molar-refractivity contribution in [3.63, 3.8) is 0 Å². The highest BCUT2D eigenvalue weighted by Gasteiger charge is 2.39. The molecule has 1 amide bonds. The third-order valence-corrected chi connectivity index (χ3v) is 3.45. The third-order valence-electron chi connectivity index (χ3n) is 3.45. The van der Waals surface area contributed by atoms with Crippen LogP contribution in [0.2, 0.25) is 0 Å². The number of hydrogen-bond donors (Lipinski definition) is 1. The van der Waals surface area contributed by atoms with Crippen LogP contribution in [-0.4, -0.2) is 48.9 Å². The average Bonchev–Trinajstić information content (AvgIpc) is 2.88. The van der Waals surface area contributed by atoms with E-state index in [0.29, 0.717) is 22.3 Å². The number of methoxy groups -OCH3 is 1. The molecular weight excluding hydrogens is 315 g/mol. The number of nitrogens with zero attached hydrogens (tertiary/aromatic N) is 1. The summed E-state index contributed by atoms with van der Waals surface area (Å²) in [7, 11) is 2.72. The molecule has 23 heavy (non-hydrogen) atoms. The molecule has 1 heterocycles. The van der Waals surface area contributed by atoms with Gasteiger partial charge in [-0.3, -0.25) is 4.79 Å². The molecule has 2 aromatic rings. The lowest BCUT2D eigenvalue weighted by Gasteiger charge is -2.22. The smallest absolute Gasteiger partial charge is 0.416 e. The van der Waals surface area contributed by atoms with Gasteiger partial charge in [0.2, 0.25) is 5.91 Å². The molecule has 1 atom stereocenters. The van der Waals surface area contributed by atoms with Gasteiger partial charge in [0.25, 0.3) is 0 Å². The van der Waals surface area contributed by atoms with Crippen molar-refractivity contribution >= 4 is 16.9 Å². The van der Waals surface area contributed by atoms with Crippen LogP contribution in [0.4, 0.5) is 13.2 Å². The first-order valence-electron chi connectivity index (χ1n) is 6.75. The molecule has 1 unspecified atom stereocenters. The molecule has 5 nitrogen and oxygen atoms in total. The normalized spacial score (nSPS) is 13.1. The van der Waals surface area contributed by atoms with Gasteiger partial charge in [-0.25, -0.2) is 0 Å². The molecule has 1 aromatic carbocycles. The Hall–Kier alpha value is -2.22. The van der Waals surface area contributed by atoms with Crippen LogP contribution in [0.15, 0.2) is 28.9 Å². The van der Waals surface area contributed by atoms with Crippen molar-refractivity contribution in [3.8, 4) is 5.75 Å². The first-order chi connectivity index (χ1) is 10.7. The summed E-state index contributed by atoms with van der Waals surface area (Å²) in [5.74, 6) is 0.0435. The summed E-state index contributed by atoms with van der Waals surface area (Å²) >= 11 is 0. The standard InChI is InChI=1S/C15H16F3NO4/c1-19(7-13(20)15(16,17)18)14(21)5-9-8-23-12-6-10(22-2)3-4-11(9)12/h3-4,6,8,13,20H,5,7H2,1-2H3. The summed E-state index contributed by atoms with van der Waals surface area (Å²) in [4.78, 5) is 12.9. The highest BCUT2D eigenvalue weighted by atomic mass is 19.4. The number of ether oxygens (including phenoxy) is 1. The zero-order valence-corrected chi connectivity index (χ0v) is 12.6. The average molecular weight is 331 g/mol. The van der Waals surface area contributed by atoms with Gasteiger partial charge >= 0.3 is 6.18 Å². The van der Waals surface area contributed by atoms with Crippen molar-refractivity contribution in [2.45, 2.75) is 18.7 Å². The van der Waals surface area contributed by atoms with E-state index >= 15 is 0 Å². The lowest BCUT2D eigenvalue weighted by molar-refractivity contribution is -0.207. The lowest BCUT2D eigenvalue weighted by atomic mass is 10.1. The number of carbonyl (C=O) groups excluding carboxylic acids is 1. The molecule has 0 saturated heterocycles. The summed E-state index contributed by atoms with van der Waals surface area (Å²) in [5, 5.41) is 9.69. The van der Waals surface area contributed by atoms with Gasteiger partial charge in [0, 0.05) is 24.1 Å². The maximum absolute atomic E-state index is 12.3. The van der Waals surface area contributed by atoms with Crippen molar-refractivity contribution < 1.29 is 32.2 Å². The van der Waals surface area contributed by atoms with E-state index in [4.69, 9.17) is 14.3 Å². The Kier molecular flexibility index (Phi) is 4.84. The van der Waals surface area contributed by atoms with E-state index in [1.54, 1.807) is 18.2 Å². The zero-order chi connectivity index (χ0) is 17.2. The topological polar surface area (TPSA) is 62.9 Å². The number of fused-ring (bicyclic) bond motifs is 1. The molecule has 126 valence electrons. The Morgan fingerprint density at radius 2 is 2.13 bits per heavy atom. The molecule has 0 spiro atoms. The highest BCUT2D eigenvalue weighted by molar-refractivity contribution is 5.88.